The van der Waals surface area contributed by atoms with Crippen LogP contribution in [0.5, 0.6) is 0 Å². The predicted molar refractivity (Wildman–Crippen MR) is 53.2 cm³/mol. The van der Waals surface area contributed by atoms with Gasteiger partial charge < -0.3 is 10.5 Å². The van der Waals surface area contributed by atoms with E-state index in [-0.39, 0.29) is 0 Å². The Morgan fingerprint density at radius 2 is 1.83 bits per heavy atom. The van der Waals surface area contributed by atoms with Gasteiger partial charge in [-0.3, -0.25) is 0 Å². The molecule has 0 radical (unpaired) electrons. The number of nitrogens with two attached hydrogens (primary N) is 1. The Hall–Kier alpha value is -0.0800. The fourth-order valence-corrected chi connectivity index (χ4v) is 1.07. The van der Waals surface area contributed by atoms with Crippen molar-refractivity contribution in [2.75, 3.05) is 13.2 Å². The van der Waals surface area contributed by atoms with Gasteiger partial charge in [0.15, 0.2) is 0 Å². The molecule has 0 fully saturated rings. The van der Waals surface area contributed by atoms with Gasteiger partial charge >= 0.3 is 0 Å². The lowest BCUT2D eigenvalue weighted by atomic mass is 10.0. The highest BCUT2D eigenvalue weighted by Gasteiger charge is 2.03. The predicted octanol–water partition coefficient (Wildman–Crippen LogP) is 2.18. The van der Waals surface area contributed by atoms with Crippen molar-refractivity contribution in [3.05, 3.63) is 0 Å². The topological polar surface area (TPSA) is 35.2 Å². The zero-order chi connectivity index (χ0) is 9.40. The maximum absolute atomic E-state index is 5.88. The average Bonchev–Trinajstić information content (AvgIpc) is 2.01. The van der Waals surface area contributed by atoms with E-state index in [4.69, 9.17) is 10.5 Å². The SMILES string of the molecule is CCOCCC(N)CCC(C)C. The molecule has 0 aromatic carbocycles. The Labute approximate surface area is 76.5 Å². The molecular formula is C10H23NO. The van der Waals surface area contributed by atoms with Crippen LogP contribution < -0.4 is 5.73 Å². The van der Waals surface area contributed by atoms with E-state index in [1.165, 1.54) is 6.42 Å². The van der Waals surface area contributed by atoms with Crippen LogP contribution in [0.15, 0.2) is 0 Å². The zero-order valence-corrected chi connectivity index (χ0v) is 8.68. The molecule has 0 saturated carbocycles. The van der Waals surface area contributed by atoms with Crippen molar-refractivity contribution >= 4 is 0 Å². The summed E-state index contributed by atoms with van der Waals surface area (Å²) < 4.78 is 5.23. The van der Waals surface area contributed by atoms with Crippen LogP contribution in [0.1, 0.15) is 40.0 Å². The number of hydrogen-bond donors (Lipinski definition) is 1. The van der Waals surface area contributed by atoms with Gasteiger partial charge in [0, 0.05) is 19.3 Å². The Morgan fingerprint density at radius 1 is 1.17 bits per heavy atom. The highest BCUT2D eigenvalue weighted by atomic mass is 16.5. The van der Waals surface area contributed by atoms with Crippen LogP contribution in [0.3, 0.4) is 0 Å². The van der Waals surface area contributed by atoms with E-state index in [9.17, 15) is 0 Å². The molecule has 2 heteroatoms. The van der Waals surface area contributed by atoms with Crippen molar-refractivity contribution in [1.82, 2.24) is 0 Å². The second-order valence-corrected chi connectivity index (χ2v) is 3.72. The van der Waals surface area contributed by atoms with Crippen LogP contribution in [0, 0.1) is 5.92 Å². The largest absolute Gasteiger partial charge is 0.382 e. The van der Waals surface area contributed by atoms with Gasteiger partial charge in [0.25, 0.3) is 0 Å². The van der Waals surface area contributed by atoms with Gasteiger partial charge in [-0.15, -0.1) is 0 Å². The summed E-state index contributed by atoms with van der Waals surface area (Å²) in [5.74, 6) is 0.767. The fourth-order valence-electron chi connectivity index (χ4n) is 1.07. The molecule has 0 saturated heterocycles. The average molecular weight is 173 g/mol. The van der Waals surface area contributed by atoms with Crippen molar-refractivity contribution < 1.29 is 4.74 Å². The van der Waals surface area contributed by atoms with Crippen molar-refractivity contribution in [3.8, 4) is 0 Å². The molecule has 1 unspecified atom stereocenters. The third-order valence-electron chi connectivity index (χ3n) is 1.95. The quantitative estimate of drug-likeness (QED) is 0.599. The maximum atomic E-state index is 5.88. The third kappa shape index (κ3) is 8.02. The van der Waals surface area contributed by atoms with E-state index in [2.05, 4.69) is 13.8 Å². The fraction of sp³-hybridized carbons (Fsp3) is 1.00. The Morgan fingerprint density at radius 3 is 2.33 bits per heavy atom. The minimum absolute atomic E-state index is 0.332. The smallest absolute Gasteiger partial charge is 0.0480 e. The molecule has 12 heavy (non-hydrogen) atoms. The third-order valence-corrected chi connectivity index (χ3v) is 1.95. The standard InChI is InChI=1S/C10H23NO/c1-4-12-8-7-10(11)6-5-9(2)3/h9-10H,4-8,11H2,1-3H3. The van der Waals surface area contributed by atoms with E-state index >= 15 is 0 Å². The van der Waals surface area contributed by atoms with Crippen LogP contribution in [0.2, 0.25) is 0 Å². The van der Waals surface area contributed by atoms with Gasteiger partial charge in [-0.25, -0.2) is 0 Å². The molecule has 0 aliphatic carbocycles. The summed E-state index contributed by atoms with van der Waals surface area (Å²) in [6.45, 7) is 8.09. The van der Waals surface area contributed by atoms with Crippen molar-refractivity contribution in [2.45, 2.75) is 46.1 Å². The zero-order valence-electron chi connectivity index (χ0n) is 8.68. The highest BCUT2D eigenvalue weighted by Crippen LogP contribution is 2.07. The Kier molecular flexibility index (Phi) is 7.51. The molecule has 0 aliphatic rings. The second-order valence-electron chi connectivity index (χ2n) is 3.72. The first-order chi connectivity index (χ1) is 5.66. The lowest BCUT2D eigenvalue weighted by Crippen LogP contribution is -2.22. The van der Waals surface area contributed by atoms with E-state index in [1.807, 2.05) is 6.92 Å². The molecule has 74 valence electrons. The molecule has 0 aromatic rings. The van der Waals surface area contributed by atoms with Gasteiger partial charge in [0.05, 0.1) is 0 Å². The molecule has 0 rings (SSSR count). The Bertz CT molecular complexity index is 93.8. The molecule has 0 spiro atoms. The molecular weight excluding hydrogens is 150 g/mol. The molecule has 0 heterocycles. The van der Waals surface area contributed by atoms with E-state index in [0.717, 1.165) is 32.0 Å². The van der Waals surface area contributed by atoms with Crippen LogP contribution in [0.4, 0.5) is 0 Å². The summed E-state index contributed by atoms with van der Waals surface area (Å²) in [5, 5.41) is 0. The number of hydrogen-bond acceptors (Lipinski definition) is 2. The van der Waals surface area contributed by atoms with Crippen molar-refractivity contribution in [3.63, 3.8) is 0 Å². The minimum atomic E-state index is 0.332. The molecule has 0 bridgehead atoms. The van der Waals surface area contributed by atoms with Gasteiger partial charge in [-0.2, -0.15) is 0 Å². The first kappa shape index (κ1) is 11.9. The molecule has 0 aliphatic heterocycles. The first-order valence-corrected chi connectivity index (χ1v) is 5.00. The lowest BCUT2D eigenvalue weighted by molar-refractivity contribution is 0.138. The Balaban J connectivity index is 3.15. The van der Waals surface area contributed by atoms with E-state index < -0.39 is 0 Å². The summed E-state index contributed by atoms with van der Waals surface area (Å²) in [6.07, 6.45) is 3.36. The van der Waals surface area contributed by atoms with Crippen LogP contribution >= 0.6 is 0 Å². The normalized spacial score (nSPS) is 13.8. The monoisotopic (exact) mass is 173 g/mol. The molecule has 2 nitrogen and oxygen atoms in total. The number of rotatable bonds is 7. The van der Waals surface area contributed by atoms with Gasteiger partial charge in [0.2, 0.25) is 0 Å². The second kappa shape index (κ2) is 7.56. The summed E-state index contributed by atoms with van der Waals surface area (Å²) in [5.41, 5.74) is 5.88. The maximum Gasteiger partial charge on any atom is 0.0480 e. The van der Waals surface area contributed by atoms with Crippen LogP contribution in [-0.2, 0) is 4.74 Å². The molecule has 0 amide bonds. The lowest BCUT2D eigenvalue weighted by Gasteiger charge is -2.12. The summed E-state index contributed by atoms with van der Waals surface area (Å²) >= 11 is 0. The molecule has 0 aromatic heterocycles. The van der Waals surface area contributed by atoms with Gasteiger partial charge in [-0.1, -0.05) is 13.8 Å². The number of ether oxygens (including phenoxy) is 1. The van der Waals surface area contributed by atoms with Crippen LogP contribution in [0.25, 0.3) is 0 Å². The summed E-state index contributed by atoms with van der Waals surface area (Å²) in [4.78, 5) is 0. The molecule has 2 N–H and O–H groups in total. The minimum Gasteiger partial charge on any atom is -0.382 e. The van der Waals surface area contributed by atoms with Crippen molar-refractivity contribution in [2.24, 2.45) is 11.7 Å². The highest BCUT2D eigenvalue weighted by molar-refractivity contribution is 4.61. The summed E-state index contributed by atoms with van der Waals surface area (Å²) in [6, 6.07) is 0.332. The molecule has 1 atom stereocenters. The van der Waals surface area contributed by atoms with Gasteiger partial charge in [-0.05, 0) is 32.1 Å². The van der Waals surface area contributed by atoms with E-state index in [0.29, 0.717) is 6.04 Å². The van der Waals surface area contributed by atoms with Gasteiger partial charge in [0.1, 0.15) is 0 Å². The van der Waals surface area contributed by atoms with Crippen LogP contribution in [-0.4, -0.2) is 19.3 Å². The first-order valence-electron chi connectivity index (χ1n) is 5.00. The van der Waals surface area contributed by atoms with Crippen molar-refractivity contribution in [1.29, 1.82) is 0 Å². The summed E-state index contributed by atoms with van der Waals surface area (Å²) in [7, 11) is 0. The van der Waals surface area contributed by atoms with E-state index in [1.54, 1.807) is 0 Å².